The van der Waals surface area contributed by atoms with Crippen molar-refractivity contribution in [3.63, 3.8) is 0 Å². The van der Waals surface area contributed by atoms with Gasteiger partial charge in [0.25, 0.3) is 0 Å². The fourth-order valence-electron chi connectivity index (χ4n) is 5.24. The minimum absolute atomic E-state index is 0. The zero-order valence-corrected chi connectivity index (χ0v) is 20.1. The van der Waals surface area contributed by atoms with Crippen LogP contribution < -0.4 is 15.8 Å². The Bertz CT molecular complexity index is 1480. The molecule has 0 bridgehead atoms. The number of anilines is 1. The first-order valence-corrected chi connectivity index (χ1v) is 11.6. The average molecular weight is 509 g/mol. The highest BCUT2D eigenvalue weighted by Gasteiger charge is 2.65. The molecular formula is C26H26F2N6O3. The van der Waals surface area contributed by atoms with Gasteiger partial charge in [-0.1, -0.05) is 18.2 Å². The number of hydrogen-bond donors (Lipinski definition) is 2. The van der Waals surface area contributed by atoms with E-state index in [4.69, 9.17) is 4.74 Å². The Hall–Kier alpha value is -4.12. The van der Waals surface area contributed by atoms with Crippen LogP contribution in [0.25, 0.3) is 16.8 Å². The molecule has 0 radical (unpaired) electrons. The van der Waals surface area contributed by atoms with Crippen LogP contribution in [-0.4, -0.2) is 50.1 Å². The molecule has 37 heavy (non-hydrogen) atoms. The van der Waals surface area contributed by atoms with Crippen molar-refractivity contribution in [3.05, 3.63) is 71.9 Å². The van der Waals surface area contributed by atoms with Crippen molar-refractivity contribution in [1.82, 2.24) is 25.5 Å². The largest absolute Gasteiger partial charge is 0.481 e. The Morgan fingerprint density at radius 1 is 1.19 bits per heavy atom. The smallest absolute Gasteiger partial charge is 0.387 e. The highest BCUT2D eigenvalue weighted by molar-refractivity contribution is 5.81. The number of para-hydroxylation sites is 1. The molecule has 2 aliphatic rings. The van der Waals surface area contributed by atoms with Crippen LogP contribution in [-0.2, 0) is 11.2 Å². The van der Waals surface area contributed by atoms with Gasteiger partial charge >= 0.3 is 12.6 Å². The number of fused-ring (bicyclic) bond motifs is 2. The van der Waals surface area contributed by atoms with Crippen molar-refractivity contribution in [2.24, 2.45) is 11.3 Å². The second kappa shape index (κ2) is 9.07. The van der Waals surface area contributed by atoms with E-state index in [9.17, 15) is 18.7 Å². The van der Waals surface area contributed by atoms with E-state index in [1.165, 1.54) is 6.07 Å². The molecular weight excluding hydrogens is 482 g/mol. The Balaban J connectivity index is 0.00000280. The van der Waals surface area contributed by atoms with Crippen molar-refractivity contribution >= 4 is 17.6 Å². The fraction of sp³-hybridized carbons (Fsp3) is 0.308. The third kappa shape index (κ3) is 4.25. The standard InChI is InChI=1S/C26H23F2N5O3.H3N/c1-15-20(8-16-4-2-3-5-21(16)36-24(27)28)33-12-17(6-7-22(33)31-15)18-10-29-25(30-11-18)32-13-19-9-26(19,14-32)23(34)35;/h2-7,10-12,19,24H,8-9,13-14H2,1H3,(H,34,35);1H3. The first-order valence-electron chi connectivity index (χ1n) is 11.6. The van der Waals surface area contributed by atoms with Gasteiger partial charge in [0.1, 0.15) is 11.4 Å². The number of aryl methyl sites for hydroxylation is 1. The molecule has 4 aromatic rings. The van der Waals surface area contributed by atoms with E-state index in [0.29, 0.717) is 31.0 Å². The molecule has 2 fully saturated rings. The fourth-order valence-corrected chi connectivity index (χ4v) is 5.24. The van der Waals surface area contributed by atoms with Gasteiger partial charge in [0.15, 0.2) is 0 Å². The monoisotopic (exact) mass is 508 g/mol. The molecule has 1 aliphatic carbocycles. The van der Waals surface area contributed by atoms with E-state index >= 15 is 0 Å². The van der Waals surface area contributed by atoms with Crippen molar-refractivity contribution < 1.29 is 23.4 Å². The van der Waals surface area contributed by atoms with Gasteiger partial charge in [-0.2, -0.15) is 8.78 Å². The number of rotatable bonds is 7. The highest BCUT2D eigenvalue weighted by Crippen LogP contribution is 2.58. The first-order chi connectivity index (χ1) is 17.3. The number of carboxylic acids is 1. The summed E-state index contributed by atoms with van der Waals surface area (Å²) in [6.07, 6.45) is 6.49. The lowest BCUT2D eigenvalue weighted by molar-refractivity contribution is -0.143. The Labute approximate surface area is 211 Å². The minimum atomic E-state index is -2.90. The van der Waals surface area contributed by atoms with Gasteiger partial charge < -0.3 is 25.3 Å². The number of aliphatic carboxylic acids is 1. The number of piperidine rings is 1. The predicted octanol–water partition coefficient (Wildman–Crippen LogP) is 4.36. The van der Waals surface area contributed by atoms with Gasteiger partial charge in [-0.05, 0) is 37.5 Å². The first kappa shape index (κ1) is 24.6. The molecule has 192 valence electrons. The summed E-state index contributed by atoms with van der Waals surface area (Å²) in [5.74, 6) is 0.100. The van der Waals surface area contributed by atoms with Crippen LogP contribution in [0.15, 0.2) is 55.0 Å². The number of halogens is 2. The average Bonchev–Trinajstić information content (AvgIpc) is 3.29. The van der Waals surface area contributed by atoms with E-state index in [1.54, 1.807) is 30.6 Å². The SMILES string of the molecule is Cc1nc2ccc(-c3cnc(N4CC5CC5(C(=O)O)C4)nc3)cn2c1Cc1ccccc1OC(F)F.N. The minimum Gasteiger partial charge on any atom is -0.481 e. The quantitative estimate of drug-likeness (QED) is 0.377. The molecule has 1 aromatic carbocycles. The van der Waals surface area contributed by atoms with Gasteiger partial charge in [-0.15, -0.1) is 0 Å². The Morgan fingerprint density at radius 3 is 2.65 bits per heavy atom. The molecule has 0 spiro atoms. The number of aromatic nitrogens is 4. The number of benzene rings is 1. The number of pyridine rings is 1. The second-order valence-corrected chi connectivity index (χ2v) is 9.47. The van der Waals surface area contributed by atoms with E-state index in [2.05, 4.69) is 15.0 Å². The van der Waals surface area contributed by atoms with Gasteiger partial charge in [-0.3, -0.25) is 4.79 Å². The number of nitrogens with zero attached hydrogens (tertiary/aromatic N) is 5. The van der Waals surface area contributed by atoms with Gasteiger partial charge in [-0.25, -0.2) is 15.0 Å². The topological polar surface area (TPSA) is 128 Å². The summed E-state index contributed by atoms with van der Waals surface area (Å²) in [5, 5.41) is 9.51. The van der Waals surface area contributed by atoms with E-state index in [-0.39, 0.29) is 17.8 Å². The van der Waals surface area contributed by atoms with Gasteiger partial charge in [0.2, 0.25) is 5.95 Å². The summed E-state index contributed by atoms with van der Waals surface area (Å²) < 4.78 is 32.4. The lowest BCUT2D eigenvalue weighted by Gasteiger charge is -2.19. The maximum atomic E-state index is 12.9. The molecule has 1 saturated heterocycles. The normalized spacial score (nSPS) is 20.1. The van der Waals surface area contributed by atoms with Crippen LogP contribution in [0.2, 0.25) is 0 Å². The molecule has 2 atom stereocenters. The van der Waals surface area contributed by atoms with Crippen LogP contribution in [0.4, 0.5) is 14.7 Å². The summed E-state index contributed by atoms with van der Waals surface area (Å²) in [6.45, 7) is 0.0877. The predicted molar refractivity (Wildman–Crippen MR) is 132 cm³/mol. The molecule has 6 rings (SSSR count). The zero-order chi connectivity index (χ0) is 25.0. The number of hydrogen-bond acceptors (Lipinski definition) is 7. The van der Waals surface area contributed by atoms with Crippen molar-refractivity contribution in [2.75, 3.05) is 18.0 Å². The molecule has 9 nitrogen and oxygen atoms in total. The number of alkyl halides is 2. The summed E-state index contributed by atoms with van der Waals surface area (Å²) in [6, 6.07) is 10.6. The van der Waals surface area contributed by atoms with Crippen LogP contribution >= 0.6 is 0 Å². The summed E-state index contributed by atoms with van der Waals surface area (Å²) in [7, 11) is 0. The lowest BCUT2D eigenvalue weighted by Crippen LogP contribution is -2.29. The van der Waals surface area contributed by atoms with Crippen molar-refractivity contribution in [1.29, 1.82) is 0 Å². The number of imidazole rings is 1. The summed E-state index contributed by atoms with van der Waals surface area (Å²) in [4.78, 5) is 27.2. The van der Waals surface area contributed by atoms with E-state index in [0.717, 1.165) is 34.6 Å². The third-order valence-electron chi connectivity index (χ3n) is 7.29. The Kier molecular flexibility index (Phi) is 6.03. The van der Waals surface area contributed by atoms with Crippen LogP contribution in [0.1, 0.15) is 23.4 Å². The summed E-state index contributed by atoms with van der Waals surface area (Å²) in [5.41, 5.74) is 4.08. The zero-order valence-electron chi connectivity index (χ0n) is 20.1. The van der Waals surface area contributed by atoms with Crippen LogP contribution in [0.5, 0.6) is 5.75 Å². The molecule has 1 saturated carbocycles. The van der Waals surface area contributed by atoms with Crippen LogP contribution in [0.3, 0.4) is 0 Å². The molecule has 11 heteroatoms. The molecule has 1 aliphatic heterocycles. The van der Waals surface area contributed by atoms with Gasteiger partial charge in [0, 0.05) is 60.5 Å². The number of carboxylic acid groups (broad SMARTS) is 1. The molecule has 0 amide bonds. The lowest BCUT2D eigenvalue weighted by atomic mass is 10.1. The maximum Gasteiger partial charge on any atom is 0.387 e. The Morgan fingerprint density at radius 2 is 1.95 bits per heavy atom. The van der Waals surface area contributed by atoms with Crippen molar-refractivity contribution in [2.45, 2.75) is 26.4 Å². The second-order valence-electron chi connectivity index (χ2n) is 9.47. The maximum absolute atomic E-state index is 12.9. The van der Waals surface area contributed by atoms with Crippen LogP contribution in [0, 0.1) is 18.3 Å². The van der Waals surface area contributed by atoms with E-state index in [1.807, 2.05) is 34.6 Å². The van der Waals surface area contributed by atoms with E-state index < -0.39 is 18.0 Å². The number of ether oxygens (including phenoxy) is 1. The number of carbonyl (C=O) groups is 1. The third-order valence-corrected chi connectivity index (χ3v) is 7.29. The van der Waals surface area contributed by atoms with Gasteiger partial charge in [0.05, 0.1) is 11.1 Å². The highest BCUT2D eigenvalue weighted by atomic mass is 19.3. The van der Waals surface area contributed by atoms with Crippen molar-refractivity contribution in [3.8, 4) is 16.9 Å². The molecule has 4 heterocycles. The summed E-state index contributed by atoms with van der Waals surface area (Å²) >= 11 is 0. The molecule has 3 aromatic heterocycles. The molecule has 4 N–H and O–H groups in total. The molecule has 2 unspecified atom stereocenters.